The van der Waals surface area contributed by atoms with E-state index in [9.17, 15) is 4.79 Å². The molecule has 1 aromatic heterocycles. The summed E-state index contributed by atoms with van der Waals surface area (Å²) >= 11 is 0. The number of aromatic nitrogens is 1. The fourth-order valence-corrected chi connectivity index (χ4v) is 3.06. The van der Waals surface area contributed by atoms with E-state index in [4.69, 9.17) is 0 Å². The Morgan fingerprint density at radius 2 is 1.81 bits per heavy atom. The van der Waals surface area contributed by atoms with Gasteiger partial charge in [0.15, 0.2) is 0 Å². The second kappa shape index (κ2) is 8.67. The summed E-state index contributed by atoms with van der Waals surface area (Å²) in [7, 11) is 0. The first-order valence-corrected chi connectivity index (χ1v) is 9.15. The lowest BCUT2D eigenvalue weighted by Crippen LogP contribution is -2.46. The van der Waals surface area contributed by atoms with Crippen LogP contribution in [0.5, 0.6) is 0 Å². The zero-order chi connectivity index (χ0) is 18.4. The first-order chi connectivity index (χ1) is 12.6. The van der Waals surface area contributed by atoms with Crippen LogP contribution in [0, 0.1) is 0 Å². The van der Waals surface area contributed by atoms with Crippen molar-refractivity contribution in [3.05, 3.63) is 54.2 Å². The second-order valence-corrected chi connectivity index (χ2v) is 6.90. The lowest BCUT2D eigenvalue weighted by molar-refractivity contribution is 0.249. The van der Waals surface area contributed by atoms with Gasteiger partial charge in [-0.25, -0.2) is 9.78 Å². The molecule has 1 aliphatic rings. The van der Waals surface area contributed by atoms with Crippen molar-refractivity contribution >= 4 is 17.5 Å². The highest BCUT2D eigenvalue weighted by Crippen LogP contribution is 2.16. The normalized spacial score (nSPS) is 15.1. The third-order valence-corrected chi connectivity index (χ3v) is 4.38. The Morgan fingerprint density at radius 3 is 2.42 bits per heavy atom. The first-order valence-electron chi connectivity index (χ1n) is 9.15. The van der Waals surface area contributed by atoms with Crippen LogP contribution in [0.1, 0.15) is 19.4 Å². The number of nitrogens with one attached hydrogen (secondary N) is 2. The number of nitrogens with zero attached hydrogens (tertiary/aromatic N) is 3. The average molecular weight is 353 g/mol. The van der Waals surface area contributed by atoms with Gasteiger partial charge in [-0.2, -0.15) is 0 Å². The molecule has 0 unspecified atom stereocenters. The van der Waals surface area contributed by atoms with Crippen molar-refractivity contribution in [2.75, 3.05) is 36.4 Å². The molecule has 0 aliphatic carbocycles. The van der Waals surface area contributed by atoms with Gasteiger partial charge >= 0.3 is 6.03 Å². The van der Waals surface area contributed by atoms with E-state index < -0.39 is 0 Å². The molecule has 0 saturated carbocycles. The van der Waals surface area contributed by atoms with Crippen LogP contribution in [0.25, 0.3) is 0 Å². The van der Waals surface area contributed by atoms with Crippen LogP contribution in [0.15, 0.2) is 48.7 Å². The highest BCUT2D eigenvalue weighted by atomic mass is 16.2. The number of hydrogen-bond donors (Lipinski definition) is 2. The Hall–Kier alpha value is -2.60. The number of amides is 2. The highest BCUT2D eigenvalue weighted by molar-refractivity contribution is 5.89. The number of carbonyl (C=O) groups is 1. The number of rotatable bonds is 5. The molecule has 138 valence electrons. The number of urea groups is 1. The van der Waals surface area contributed by atoms with E-state index in [1.54, 1.807) is 0 Å². The number of benzene rings is 1. The predicted molar refractivity (Wildman–Crippen MR) is 105 cm³/mol. The van der Waals surface area contributed by atoms with Gasteiger partial charge in [-0.15, -0.1) is 0 Å². The molecular formula is C20H27N5O. The highest BCUT2D eigenvalue weighted by Gasteiger charge is 2.17. The van der Waals surface area contributed by atoms with E-state index in [0.717, 1.165) is 44.2 Å². The minimum atomic E-state index is -0.168. The van der Waals surface area contributed by atoms with Gasteiger partial charge in [-0.1, -0.05) is 18.2 Å². The number of carbonyl (C=O) groups excluding carboxylic acids is 1. The maximum Gasteiger partial charge on any atom is 0.319 e. The van der Waals surface area contributed by atoms with Gasteiger partial charge in [0.25, 0.3) is 0 Å². The number of anilines is 2. The van der Waals surface area contributed by atoms with Crippen LogP contribution < -0.4 is 15.5 Å². The molecular weight excluding hydrogens is 326 g/mol. The molecule has 6 nitrogen and oxygen atoms in total. The largest absolute Gasteiger partial charge is 0.354 e. The molecule has 1 fully saturated rings. The van der Waals surface area contributed by atoms with Gasteiger partial charge in [-0.05, 0) is 43.7 Å². The second-order valence-electron chi connectivity index (χ2n) is 6.90. The van der Waals surface area contributed by atoms with Crippen LogP contribution in [0.3, 0.4) is 0 Å². The third kappa shape index (κ3) is 5.20. The molecule has 2 aromatic rings. The van der Waals surface area contributed by atoms with Gasteiger partial charge in [0.2, 0.25) is 0 Å². The summed E-state index contributed by atoms with van der Waals surface area (Å²) in [5.74, 6) is 1.06. The Morgan fingerprint density at radius 1 is 1.08 bits per heavy atom. The SMILES string of the molecule is CC(C)NC(=O)Nc1ccc(CN2CCN(c3ccccn3)CC2)cc1. The fraction of sp³-hybridized carbons (Fsp3) is 0.400. The molecule has 0 bridgehead atoms. The zero-order valence-electron chi connectivity index (χ0n) is 15.5. The molecule has 2 heterocycles. The number of piperazine rings is 1. The fourth-order valence-electron chi connectivity index (χ4n) is 3.06. The Balaban J connectivity index is 1.47. The van der Waals surface area contributed by atoms with E-state index in [-0.39, 0.29) is 12.1 Å². The van der Waals surface area contributed by atoms with Gasteiger partial charge in [-0.3, -0.25) is 4.90 Å². The molecule has 0 atom stereocenters. The first kappa shape index (κ1) is 18.2. The topological polar surface area (TPSA) is 60.5 Å². The number of hydrogen-bond acceptors (Lipinski definition) is 4. The molecule has 1 saturated heterocycles. The van der Waals surface area contributed by atoms with E-state index in [1.165, 1.54) is 5.56 Å². The minimum absolute atomic E-state index is 0.124. The van der Waals surface area contributed by atoms with Crippen LogP contribution in [0.2, 0.25) is 0 Å². The van der Waals surface area contributed by atoms with E-state index in [0.29, 0.717) is 0 Å². The van der Waals surface area contributed by atoms with Crippen LogP contribution in [-0.2, 0) is 6.54 Å². The molecule has 1 aliphatic heterocycles. The summed E-state index contributed by atoms with van der Waals surface area (Å²) in [6.07, 6.45) is 1.85. The number of pyridine rings is 1. The van der Waals surface area contributed by atoms with Gasteiger partial charge < -0.3 is 15.5 Å². The third-order valence-electron chi connectivity index (χ3n) is 4.38. The van der Waals surface area contributed by atoms with E-state index >= 15 is 0 Å². The summed E-state index contributed by atoms with van der Waals surface area (Å²) in [5, 5.41) is 5.67. The smallest absolute Gasteiger partial charge is 0.319 e. The van der Waals surface area contributed by atoms with Crippen molar-refractivity contribution in [2.45, 2.75) is 26.4 Å². The van der Waals surface area contributed by atoms with Gasteiger partial charge in [0.05, 0.1) is 0 Å². The lowest BCUT2D eigenvalue weighted by atomic mass is 10.1. The molecule has 1 aromatic carbocycles. The summed E-state index contributed by atoms with van der Waals surface area (Å²) in [6, 6.07) is 14.1. The average Bonchev–Trinajstić information content (AvgIpc) is 2.64. The summed E-state index contributed by atoms with van der Waals surface area (Å²) < 4.78 is 0. The molecule has 3 rings (SSSR count). The van der Waals surface area contributed by atoms with E-state index in [2.05, 4.69) is 43.6 Å². The van der Waals surface area contributed by atoms with E-state index in [1.807, 2.05) is 44.3 Å². The summed E-state index contributed by atoms with van der Waals surface area (Å²) in [4.78, 5) is 20.9. The molecule has 6 heteroatoms. The van der Waals surface area contributed by atoms with Crippen LogP contribution >= 0.6 is 0 Å². The molecule has 2 N–H and O–H groups in total. The van der Waals surface area contributed by atoms with Crippen molar-refractivity contribution < 1.29 is 4.79 Å². The Labute approximate surface area is 155 Å². The van der Waals surface area contributed by atoms with Crippen molar-refractivity contribution in [3.63, 3.8) is 0 Å². The minimum Gasteiger partial charge on any atom is -0.354 e. The monoisotopic (exact) mass is 353 g/mol. The van der Waals surface area contributed by atoms with Gasteiger partial charge in [0, 0.05) is 50.6 Å². The summed E-state index contributed by atoms with van der Waals surface area (Å²) in [5.41, 5.74) is 2.07. The molecule has 0 radical (unpaired) electrons. The molecule has 26 heavy (non-hydrogen) atoms. The van der Waals surface area contributed by atoms with Gasteiger partial charge in [0.1, 0.15) is 5.82 Å². The standard InChI is InChI=1S/C20H27N5O/c1-16(2)22-20(26)23-18-8-6-17(7-9-18)15-24-11-13-25(14-12-24)19-5-3-4-10-21-19/h3-10,16H,11-15H2,1-2H3,(H2,22,23,26). The lowest BCUT2D eigenvalue weighted by Gasteiger charge is -2.35. The molecule has 2 amide bonds. The van der Waals surface area contributed by atoms with Crippen LogP contribution in [0.4, 0.5) is 16.3 Å². The van der Waals surface area contributed by atoms with Crippen molar-refractivity contribution in [3.8, 4) is 0 Å². The maximum atomic E-state index is 11.7. The Bertz CT molecular complexity index is 694. The predicted octanol–water partition coefficient (Wildman–Crippen LogP) is 2.93. The summed E-state index contributed by atoms with van der Waals surface area (Å²) in [6.45, 7) is 8.83. The van der Waals surface area contributed by atoms with Crippen molar-refractivity contribution in [2.24, 2.45) is 0 Å². The van der Waals surface area contributed by atoms with Crippen molar-refractivity contribution in [1.82, 2.24) is 15.2 Å². The maximum absolute atomic E-state index is 11.7. The zero-order valence-corrected chi connectivity index (χ0v) is 15.5. The molecule has 0 spiro atoms. The Kier molecular flexibility index (Phi) is 6.07. The van der Waals surface area contributed by atoms with Crippen LogP contribution in [-0.4, -0.2) is 48.1 Å². The quantitative estimate of drug-likeness (QED) is 0.868. The van der Waals surface area contributed by atoms with Crippen molar-refractivity contribution in [1.29, 1.82) is 0 Å².